The summed E-state index contributed by atoms with van der Waals surface area (Å²) in [5.74, 6) is -0.887. The first kappa shape index (κ1) is 21.7. The second kappa shape index (κ2) is 10.2. The molecule has 1 aliphatic carbocycles. The molecule has 0 saturated carbocycles. The lowest BCUT2D eigenvalue weighted by Gasteiger charge is -2.26. The number of nitrogens with one attached hydrogen (secondary N) is 1. The molecule has 4 rings (SSSR count). The van der Waals surface area contributed by atoms with E-state index in [4.69, 9.17) is 4.74 Å². The van der Waals surface area contributed by atoms with Crippen LogP contribution in [-0.4, -0.2) is 18.5 Å². The summed E-state index contributed by atoms with van der Waals surface area (Å²) in [4.78, 5) is 26.6. The highest BCUT2D eigenvalue weighted by molar-refractivity contribution is 7.99. The molecular formula is C26H22N2O3S. The van der Waals surface area contributed by atoms with Gasteiger partial charge in [-0.05, 0) is 54.7 Å². The van der Waals surface area contributed by atoms with Gasteiger partial charge in [0.15, 0.2) is 6.61 Å². The summed E-state index contributed by atoms with van der Waals surface area (Å²) in [5, 5.41) is 12.3. The van der Waals surface area contributed by atoms with E-state index < -0.39 is 5.97 Å². The van der Waals surface area contributed by atoms with E-state index in [9.17, 15) is 14.9 Å². The molecule has 0 aliphatic heterocycles. The van der Waals surface area contributed by atoms with Crippen molar-refractivity contribution in [2.75, 3.05) is 6.61 Å². The molecule has 0 heterocycles. The lowest BCUT2D eigenvalue weighted by Crippen LogP contribution is -2.34. The van der Waals surface area contributed by atoms with E-state index in [1.165, 1.54) is 17.3 Å². The van der Waals surface area contributed by atoms with Crippen LogP contribution in [0.15, 0.2) is 82.6 Å². The standard InChI is InChI=1S/C26H22N2O3S/c27-16-19-9-2-5-14-23(19)32-24-15-6-4-12-21(24)26(30)31-17-25(29)28-22-13-7-10-18-8-1-3-11-20(18)22/h1-6,8-9,11-12,14-15,22H,7,10,13,17H2,(H,28,29). The molecule has 0 fully saturated rings. The van der Waals surface area contributed by atoms with Crippen LogP contribution in [-0.2, 0) is 16.0 Å². The van der Waals surface area contributed by atoms with Crippen LogP contribution in [0.3, 0.4) is 0 Å². The molecule has 3 aromatic rings. The van der Waals surface area contributed by atoms with E-state index in [-0.39, 0.29) is 18.6 Å². The molecule has 0 spiro atoms. The Morgan fingerprint density at radius 1 is 1.00 bits per heavy atom. The van der Waals surface area contributed by atoms with Crippen LogP contribution < -0.4 is 5.32 Å². The first-order valence-corrected chi connectivity index (χ1v) is 11.3. The van der Waals surface area contributed by atoms with Gasteiger partial charge in [-0.1, -0.05) is 60.3 Å². The molecular weight excluding hydrogens is 420 g/mol. The molecule has 3 aromatic carbocycles. The highest BCUT2D eigenvalue weighted by atomic mass is 32.2. The van der Waals surface area contributed by atoms with Crippen LogP contribution in [0.1, 0.15) is 45.9 Å². The molecule has 6 heteroatoms. The number of ether oxygens (including phenoxy) is 1. The van der Waals surface area contributed by atoms with Gasteiger partial charge in [-0.25, -0.2) is 4.79 Å². The second-order valence-corrected chi connectivity index (χ2v) is 8.58. The summed E-state index contributed by atoms with van der Waals surface area (Å²) in [6, 6.07) is 24.5. The van der Waals surface area contributed by atoms with Crippen LogP contribution in [0.2, 0.25) is 0 Å². The molecule has 0 radical (unpaired) electrons. The van der Waals surface area contributed by atoms with E-state index in [0.717, 1.165) is 29.7 Å². The van der Waals surface area contributed by atoms with E-state index in [2.05, 4.69) is 17.5 Å². The number of benzene rings is 3. The largest absolute Gasteiger partial charge is 0.452 e. The zero-order valence-corrected chi connectivity index (χ0v) is 18.2. The third kappa shape index (κ3) is 5.01. The van der Waals surface area contributed by atoms with Crippen LogP contribution in [0.25, 0.3) is 0 Å². The van der Waals surface area contributed by atoms with Crippen molar-refractivity contribution in [1.82, 2.24) is 5.32 Å². The number of esters is 1. The van der Waals surface area contributed by atoms with Crippen LogP contribution >= 0.6 is 11.8 Å². The zero-order valence-electron chi connectivity index (χ0n) is 17.4. The average molecular weight is 443 g/mol. The van der Waals surface area contributed by atoms with Gasteiger partial charge in [0.05, 0.1) is 17.2 Å². The number of nitrogens with zero attached hydrogens (tertiary/aromatic N) is 1. The molecule has 0 saturated heterocycles. The average Bonchev–Trinajstić information content (AvgIpc) is 2.83. The van der Waals surface area contributed by atoms with Gasteiger partial charge in [0, 0.05) is 9.79 Å². The van der Waals surface area contributed by atoms with Crippen molar-refractivity contribution in [2.24, 2.45) is 0 Å². The molecule has 160 valence electrons. The van der Waals surface area contributed by atoms with Crippen molar-refractivity contribution < 1.29 is 14.3 Å². The number of carbonyl (C=O) groups is 2. The molecule has 1 atom stereocenters. The summed E-state index contributed by atoms with van der Waals surface area (Å²) in [5.41, 5.74) is 3.29. The van der Waals surface area contributed by atoms with Gasteiger partial charge in [0.25, 0.3) is 5.91 Å². The predicted molar refractivity (Wildman–Crippen MR) is 122 cm³/mol. The first-order valence-electron chi connectivity index (χ1n) is 10.5. The lowest BCUT2D eigenvalue weighted by molar-refractivity contribution is -0.125. The minimum absolute atomic E-state index is 0.0588. The number of hydrogen-bond acceptors (Lipinski definition) is 5. The fraction of sp³-hybridized carbons (Fsp3) is 0.192. The fourth-order valence-electron chi connectivity index (χ4n) is 3.84. The van der Waals surface area contributed by atoms with Crippen molar-refractivity contribution in [3.05, 3.63) is 95.1 Å². The molecule has 1 N–H and O–H groups in total. The predicted octanol–water partition coefficient (Wildman–Crippen LogP) is 5.06. The molecule has 5 nitrogen and oxygen atoms in total. The third-order valence-electron chi connectivity index (χ3n) is 5.37. The smallest absolute Gasteiger partial charge is 0.339 e. The van der Waals surface area contributed by atoms with Gasteiger partial charge >= 0.3 is 5.97 Å². The number of amides is 1. The van der Waals surface area contributed by atoms with Gasteiger partial charge in [0.1, 0.15) is 6.07 Å². The maximum atomic E-state index is 12.7. The Kier molecular flexibility index (Phi) is 6.88. The number of nitriles is 1. The summed E-state index contributed by atoms with van der Waals surface area (Å²) in [6.07, 6.45) is 2.89. The topological polar surface area (TPSA) is 79.2 Å². The monoisotopic (exact) mass is 442 g/mol. The minimum Gasteiger partial charge on any atom is -0.452 e. The molecule has 1 aliphatic rings. The van der Waals surface area contributed by atoms with Crippen molar-refractivity contribution in [1.29, 1.82) is 5.26 Å². The number of carbonyl (C=O) groups excluding carboxylic acids is 2. The van der Waals surface area contributed by atoms with Crippen molar-refractivity contribution in [3.63, 3.8) is 0 Å². The first-order chi connectivity index (χ1) is 15.7. The van der Waals surface area contributed by atoms with Crippen LogP contribution in [0.4, 0.5) is 0 Å². The molecule has 0 bridgehead atoms. The summed E-state index contributed by atoms with van der Waals surface area (Å²) in [7, 11) is 0. The summed E-state index contributed by atoms with van der Waals surface area (Å²) < 4.78 is 5.33. The van der Waals surface area contributed by atoms with Gasteiger partial charge < -0.3 is 10.1 Å². The molecule has 0 aromatic heterocycles. The highest BCUT2D eigenvalue weighted by Crippen LogP contribution is 2.33. The molecule has 32 heavy (non-hydrogen) atoms. The highest BCUT2D eigenvalue weighted by Gasteiger charge is 2.22. The van der Waals surface area contributed by atoms with Gasteiger partial charge in [-0.15, -0.1) is 0 Å². The Balaban J connectivity index is 1.40. The molecule has 1 unspecified atom stereocenters. The Morgan fingerprint density at radius 3 is 2.56 bits per heavy atom. The normalized spacial score (nSPS) is 14.7. The van der Waals surface area contributed by atoms with E-state index in [0.29, 0.717) is 16.0 Å². The lowest BCUT2D eigenvalue weighted by atomic mass is 9.88. The maximum Gasteiger partial charge on any atom is 0.339 e. The summed E-state index contributed by atoms with van der Waals surface area (Å²) >= 11 is 1.32. The quantitative estimate of drug-likeness (QED) is 0.540. The van der Waals surface area contributed by atoms with Gasteiger partial charge in [-0.2, -0.15) is 5.26 Å². The zero-order chi connectivity index (χ0) is 22.3. The third-order valence-corrected chi connectivity index (χ3v) is 6.53. The summed E-state index contributed by atoms with van der Waals surface area (Å²) in [6.45, 7) is -0.342. The number of rotatable bonds is 6. The molecule has 1 amide bonds. The van der Waals surface area contributed by atoms with E-state index >= 15 is 0 Å². The van der Waals surface area contributed by atoms with Crippen molar-refractivity contribution in [2.45, 2.75) is 35.1 Å². The number of fused-ring (bicyclic) bond motifs is 1. The van der Waals surface area contributed by atoms with Gasteiger partial charge in [0.2, 0.25) is 0 Å². The van der Waals surface area contributed by atoms with Crippen LogP contribution in [0, 0.1) is 11.3 Å². The Bertz CT molecular complexity index is 1190. The van der Waals surface area contributed by atoms with Crippen molar-refractivity contribution in [3.8, 4) is 6.07 Å². The number of hydrogen-bond donors (Lipinski definition) is 1. The van der Waals surface area contributed by atoms with Gasteiger partial charge in [-0.3, -0.25) is 4.79 Å². The van der Waals surface area contributed by atoms with E-state index in [1.807, 2.05) is 36.4 Å². The number of aryl methyl sites for hydroxylation is 1. The second-order valence-electron chi connectivity index (χ2n) is 7.49. The Morgan fingerprint density at radius 2 is 1.72 bits per heavy atom. The SMILES string of the molecule is N#Cc1ccccc1Sc1ccccc1C(=O)OCC(=O)NC1CCCc2ccccc21. The van der Waals surface area contributed by atoms with Crippen LogP contribution in [0.5, 0.6) is 0 Å². The van der Waals surface area contributed by atoms with Crippen molar-refractivity contribution >= 4 is 23.6 Å². The Labute approximate surface area is 191 Å². The maximum absolute atomic E-state index is 12.7. The minimum atomic E-state index is -0.568. The van der Waals surface area contributed by atoms with E-state index in [1.54, 1.807) is 30.3 Å². The Hall–Kier alpha value is -3.56. The fourth-order valence-corrected chi connectivity index (χ4v) is 4.85.